The van der Waals surface area contributed by atoms with Crippen LogP contribution in [0.1, 0.15) is 23.0 Å². The molecule has 0 aliphatic heterocycles. The number of aromatic nitrogens is 2. The van der Waals surface area contributed by atoms with E-state index in [-0.39, 0.29) is 31.9 Å². The number of amides is 1. The van der Waals surface area contributed by atoms with Gasteiger partial charge in [0.05, 0.1) is 37.6 Å². The fourth-order valence-corrected chi connectivity index (χ4v) is 5.60. The molecule has 0 aliphatic rings. The normalized spacial score (nSPS) is 12.0. The average Bonchev–Trinajstić information content (AvgIpc) is 3.13. The van der Waals surface area contributed by atoms with Crippen LogP contribution in [0.2, 0.25) is 15.1 Å². The van der Waals surface area contributed by atoms with Crippen molar-refractivity contribution in [2.45, 2.75) is 24.8 Å². The molecular formula is C27H23Cl3N4O6S. The van der Waals surface area contributed by atoms with Crippen molar-refractivity contribution in [1.29, 1.82) is 0 Å². The van der Waals surface area contributed by atoms with Crippen LogP contribution < -0.4 is 15.6 Å². The number of para-hydroxylation sites is 1. The lowest BCUT2D eigenvalue weighted by Crippen LogP contribution is -2.30. The Hall–Kier alpha value is -3.77. The molecule has 1 heterocycles. The van der Waals surface area contributed by atoms with Gasteiger partial charge < -0.3 is 10.1 Å². The number of hydrogen-bond donors (Lipinski definition) is 2. The van der Waals surface area contributed by atoms with Crippen LogP contribution in [0.5, 0.6) is 0 Å². The van der Waals surface area contributed by atoms with Crippen molar-refractivity contribution in [3.8, 4) is 5.69 Å². The van der Waals surface area contributed by atoms with E-state index in [9.17, 15) is 22.8 Å². The smallest absolute Gasteiger partial charge is 0.340 e. The van der Waals surface area contributed by atoms with E-state index in [1.54, 1.807) is 44.3 Å². The molecule has 0 saturated heterocycles. The van der Waals surface area contributed by atoms with Crippen molar-refractivity contribution >= 4 is 68.1 Å². The van der Waals surface area contributed by atoms with Crippen molar-refractivity contribution in [2.75, 3.05) is 10.0 Å². The molecule has 4 rings (SSSR count). The monoisotopic (exact) mass is 636 g/mol. The first-order valence-corrected chi connectivity index (χ1v) is 14.5. The lowest BCUT2D eigenvalue weighted by molar-refractivity contribution is -0.123. The highest BCUT2D eigenvalue weighted by Crippen LogP contribution is 2.27. The largest absolute Gasteiger partial charge is 0.449 e. The van der Waals surface area contributed by atoms with Crippen molar-refractivity contribution in [1.82, 2.24) is 9.36 Å². The van der Waals surface area contributed by atoms with Crippen LogP contribution in [-0.2, 0) is 26.6 Å². The molecule has 0 spiro atoms. The highest BCUT2D eigenvalue weighted by molar-refractivity contribution is 7.92. The average molecular weight is 638 g/mol. The van der Waals surface area contributed by atoms with Gasteiger partial charge in [-0.25, -0.2) is 17.9 Å². The Morgan fingerprint density at radius 3 is 2.29 bits per heavy atom. The minimum Gasteiger partial charge on any atom is -0.449 e. The van der Waals surface area contributed by atoms with Gasteiger partial charge in [-0.05, 0) is 62.4 Å². The number of nitrogens with one attached hydrogen (secondary N) is 2. The summed E-state index contributed by atoms with van der Waals surface area (Å²) in [6.07, 6.45) is -1.30. The van der Waals surface area contributed by atoms with Crippen molar-refractivity contribution in [3.05, 3.63) is 103 Å². The standard InChI is InChI=1S/C27H23Cl3N4O6S/c1-15-24(26(36)34(33(15)3)18-7-5-4-6-8-18)32-41(38,39)19-10-11-21(29)20(14-19)27(37)40-16(2)25(35)31-23-12-9-17(28)13-22(23)30/h4-14,16,32H,1-3H3,(H,31,35). The Balaban J connectivity index is 1.56. The topological polar surface area (TPSA) is 128 Å². The van der Waals surface area contributed by atoms with Crippen molar-refractivity contribution < 1.29 is 22.7 Å². The van der Waals surface area contributed by atoms with Crippen LogP contribution in [0, 0.1) is 6.92 Å². The number of benzene rings is 3. The Kier molecular flexibility index (Phi) is 8.83. The maximum atomic E-state index is 13.3. The first-order chi connectivity index (χ1) is 19.3. The van der Waals surface area contributed by atoms with Crippen molar-refractivity contribution in [3.63, 3.8) is 0 Å². The summed E-state index contributed by atoms with van der Waals surface area (Å²) < 4.78 is 37.0. The zero-order chi connectivity index (χ0) is 30.1. The van der Waals surface area contributed by atoms with Crippen molar-refractivity contribution in [2.24, 2.45) is 7.05 Å². The molecule has 1 atom stereocenters. The summed E-state index contributed by atoms with van der Waals surface area (Å²) in [5.74, 6) is -1.74. The van der Waals surface area contributed by atoms with Gasteiger partial charge in [0.1, 0.15) is 5.69 Å². The molecule has 41 heavy (non-hydrogen) atoms. The number of rotatable bonds is 8. The molecular weight excluding hydrogens is 615 g/mol. The Bertz CT molecular complexity index is 1820. The van der Waals surface area contributed by atoms with E-state index < -0.39 is 33.6 Å². The Labute approximate surface area is 250 Å². The number of esters is 1. The van der Waals surface area contributed by atoms with Gasteiger partial charge in [0.2, 0.25) is 0 Å². The number of hydrogen-bond acceptors (Lipinski definition) is 6. The summed E-state index contributed by atoms with van der Waals surface area (Å²) in [6.45, 7) is 2.91. The van der Waals surface area contributed by atoms with Gasteiger partial charge in [-0.1, -0.05) is 53.0 Å². The lowest BCUT2D eigenvalue weighted by Gasteiger charge is -2.15. The van der Waals surface area contributed by atoms with E-state index in [4.69, 9.17) is 39.5 Å². The number of carbonyl (C=O) groups excluding carboxylic acids is 2. The second-order valence-corrected chi connectivity index (χ2v) is 11.8. The molecule has 14 heteroatoms. The van der Waals surface area contributed by atoms with E-state index in [0.717, 1.165) is 6.07 Å². The maximum absolute atomic E-state index is 13.3. The summed E-state index contributed by atoms with van der Waals surface area (Å²) in [4.78, 5) is 38.3. The number of sulfonamides is 1. The maximum Gasteiger partial charge on any atom is 0.340 e. The molecule has 1 aromatic heterocycles. The van der Waals surface area contributed by atoms with Crippen LogP contribution in [0.15, 0.2) is 76.4 Å². The number of anilines is 2. The third-order valence-electron chi connectivity index (χ3n) is 6.10. The second kappa shape index (κ2) is 12.0. The molecule has 1 amide bonds. The fraction of sp³-hybridized carbons (Fsp3) is 0.148. The summed E-state index contributed by atoms with van der Waals surface area (Å²) in [5, 5.41) is 2.97. The fourth-order valence-electron chi connectivity index (χ4n) is 3.81. The first-order valence-electron chi connectivity index (χ1n) is 11.9. The Morgan fingerprint density at radius 2 is 1.63 bits per heavy atom. The number of carbonyl (C=O) groups is 2. The molecule has 0 radical (unpaired) electrons. The SMILES string of the molecule is Cc1c(NS(=O)(=O)c2ccc(Cl)c(C(=O)OC(C)C(=O)Nc3ccc(Cl)cc3Cl)c2)c(=O)n(-c2ccccc2)n1C. The second-order valence-electron chi connectivity index (χ2n) is 8.84. The molecule has 1 unspecified atom stereocenters. The predicted octanol–water partition coefficient (Wildman–Crippen LogP) is 5.43. The summed E-state index contributed by atoms with van der Waals surface area (Å²) in [7, 11) is -2.74. The third-order valence-corrected chi connectivity index (χ3v) is 8.33. The van der Waals surface area contributed by atoms with Gasteiger partial charge in [-0.3, -0.25) is 19.0 Å². The van der Waals surface area contributed by atoms with E-state index in [1.807, 2.05) is 0 Å². The molecule has 0 aliphatic carbocycles. The van der Waals surface area contributed by atoms with Crippen LogP contribution in [0.25, 0.3) is 5.69 Å². The van der Waals surface area contributed by atoms with Gasteiger partial charge in [-0.15, -0.1) is 0 Å². The molecule has 0 saturated carbocycles. The van der Waals surface area contributed by atoms with Crippen LogP contribution in [0.4, 0.5) is 11.4 Å². The predicted molar refractivity (Wildman–Crippen MR) is 158 cm³/mol. The minimum absolute atomic E-state index is 0.107. The van der Waals surface area contributed by atoms with Gasteiger partial charge in [0.25, 0.3) is 21.5 Å². The van der Waals surface area contributed by atoms with E-state index >= 15 is 0 Å². The Morgan fingerprint density at radius 1 is 0.951 bits per heavy atom. The number of ether oxygens (including phenoxy) is 1. The number of nitrogens with zero attached hydrogens (tertiary/aromatic N) is 2. The zero-order valence-corrected chi connectivity index (χ0v) is 24.9. The highest BCUT2D eigenvalue weighted by Gasteiger charge is 2.26. The quantitative estimate of drug-likeness (QED) is 0.248. The molecule has 214 valence electrons. The molecule has 0 fully saturated rings. The van der Waals surface area contributed by atoms with E-state index in [2.05, 4.69) is 10.0 Å². The van der Waals surface area contributed by atoms with Gasteiger partial charge in [0.15, 0.2) is 6.10 Å². The molecule has 4 aromatic rings. The van der Waals surface area contributed by atoms with Gasteiger partial charge in [-0.2, -0.15) is 0 Å². The minimum atomic E-state index is -4.36. The van der Waals surface area contributed by atoms with Gasteiger partial charge >= 0.3 is 5.97 Å². The zero-order valence-electron chi connectivity index (χ0n) is 21.8. The lowest BCUT2D eigenvalue weighted by atomic mass is 10.2. The van der Waals surface area contributed by atoms with Crippen LogP contribution in [-0.4, -0.2) is 35.8 Å². The number of halogens is 3. The van der Waals surface area contributed by atoms with Crippen LogP contribution in [0.3, 0.4) is 0 Å². The van der Waals surface area contributed by atoms with Crippen LogP contribution >= 0.6 is 34.8 Å². The van der Waals surface area contributed by atoms with E-state index in [0.29, 0.717) is 16.4 Å². The molecule has 0 bridgehead atoms. The third kappa shape index (κ3) is 6.43. The molecule has 10 nitrogen and oxygen atoms in total. The van der Waals surface area contributed by atoms with Gasteiger partial charge in [0, 0.05) is 12.1 Å². The van der Waals surface area contributed by atoms with E-state index in [1.165, 1.54) is 46.6 Å². The summed E-state index contributed by atoms with van der Waals surface area (Å²) >= 11 is 18.1. The molecule has 2 N–H and O–H groups in total. The summed E-state index contributed by atoms with van der Waals surface area (Å²) in [6, 6.07) is 16.5. The molecule has 3 aromatic carbocycles. The highest BCUT2D eigenvalue weighted by atomic mass is 35.5. The summed E-state index contributed by atoms with van der Waals surface area (Å²) in [5.41, 5.74) is 0.0997. The first kappa shape index (κ1) is 30.2.